The maximum atomic E-state index is 12.3. The molecular weight excluding hydrogens is 294 g/mol. The van der Waals surface area contributed by atoms with Crippen molar-refractivity contribution in [2.45, 2.75) is 52.4 Å². The van der Waals surface area contributed by atoms with E-state index in [-0.39, 0.29) is 24.3 Å². The summed E-state index contributed by atoms with van der Waals surface area (Å²) in [7, 11) is 0. The molecule has 1 aromatic heterocycles. The molecule has 7 nitrogen and oxygen atoms in total. The summed E-state index contributed by atoms with van der Waals surface area (Å²) in [5, 5.41) is 9.78. The lowest BCUT2D eigenvalue weighted by Crippen LogP contribution is -2.44. The summed E-state index contributed by atoms with van der Waals surface area (Å²) in [6.45, 7) is 7.47. The Kier molecular flexibility index (Phi) is 6.12. The summed E-state index contributed by atoms with van der Waals surface area (Å²) in [6.07, 6.45) is 3.24. The number of carbonyl (C=O) groups is 2. The molecule has 0 radical (unpaired) electrons. The number of carbonyl (C=O) groups excluding carboxylic acids is 2. The molecule has 0 spiro atoms. The third-order valence-corrected chi connectivity index (χ3v) is 4.14. The van der Waals surface area contributed by atoms with Crippen molar-refractivity contribution in [3.8, 4) is 0 Å². The highest BCUT2D eigenvalue weighted by atomic mass is 16.2. The molecule has 2 rings (SSSR count). The number of aryl methyl sites for hydroxylation is 1. The van der Waals surface area contributed by atoms with Gasteiger partial charge in [0.15, 0.2) is 5.82 Å². The fraction of sp³-hybridized carbons (Fsp3) is 0.750. The van der Waals surface area contributed by atoms with Crippen LogP contribution in [0.3, 0.4) is 0 Å². The van der Waals surface area contributed by atoms with Crippen LogP contribution in [0.1, 0.15) is 57.1 Å². The number of H-pyrrole nitrogens is 1. The van der Waals surface area contributed by atoms with Crippen LogP contribution in [0.4, 0.5) is 0 Å². The van der Waals surface area contributed by atoms with E-state index in [1.807, 2.05) is 11.8 Å². The van der Waals surface area contributed by atoms with E-state index in [2.05, 4.69) is 34.3 Å². The number of rotatable bonds is 6. The molecule has 1 atom stereocenters. The Morgan fingerprint density at radius 2 is 2.22 bits per heavy atom. The minimum atomic E-state index is -0.0507. The number of nitrogens with zero attached hydrogens (tertiary/aromatic N) is 3. The highest BCUT2D eigenvalue weighted by Crippen LogP contribution is 2.24. The van der Waals surface area contributed by atoms with Crippen LogP contribution >= 0.6 is 0 Å². The van der Waals surface area contributed by atoms with E-state index in [9.17, 15) is 9.59 Å². The van der Waals surface area contributed by atoms with Gasteiger partial charge in [0, 0.05) is 25.4 Å². The van der Waals surface area contributed by atoms with E-state index in [0.717, 1.165) is 37.5 Å². The Bertz CT molecular complexity index is 540. The molecule has 1 aliphatic heterocycles. The minimum absolute atomic E-state index is 0.0279. The third-order valence-electron chi connectivity index (χ3n) is 4.14. The normalized spacial score (nSPS) is 18.3. The Morgan fingerprint density at radius 1 is 1.43 bits per heavy atom. The molecule has 2 amide bonds. The van der Waals surface area contributed by atoms with E-state index < -0.39 is 0 Å². The number of likely N-dealkylation sites (tertiary alicyclic amines) is 1. The standard InChI is InChI=1S/C16H27N5O2/c1-11(2)6-7-14(22)17-9-15(23)21-8-4-5-13(10-21)16-18-12(3)19-20-16/h11,13H,4-10H2,1-3H3,(H,17,22)(H,18,19,20)/t13-/m1/s1. The SMILES string of the molecule is Cc1nc([C@@H]2CCCN(C(=O)CNC(=O)CCC(C)C)C2)n[nH]1. The lowest BCUT2D eigenvalue weighted by atomic mass is 9.97. The second-order valence-electron chi connectivity index (χ2n) is 6.67. The summed E-state index contributed by atoms with van der Waals surface area (Å²) < 4.78 is 0. The zero-order valence-corrected chi connectivity index (χ0v) is 14.3. The fourth-order valence-corrected chi connectivity index (χ4v) is 2.75. The Labute approximate surface area is 137 Å². The van der Waals surface area contributed by atoms with Gasteiger partial charge in [-0.3, -0.25) is 14.7 Å². The highest BCUT2D eigenvalue weighted by molar-refractivity contribution is 5.84. The molecule has 0 saturated carbocycles. The van der Waals surface area contributed by atoms with Crippen LogP contribution in [0.25, 0.3) is 0 Å². The predicted octanol–water partition coefficient (Wildman–Crippen LogP) is 1.37. The molecular formula is C16H27N5O2. The Hall–Kier alpha value is -1.92. The van der Waals surface area contributed by atoms with E-state index in [0.29, 0.717) is 18.9 Å². The van der Waals surface area contributed by atoms with Gasteiger partial charge in [0.25, 0.3) is 0 Å². The van der Waals surface area contributed by atoms with Gasteiger partial charge < -0.3 is 10.2 Å². The van der Waals surface area contributed by atoms with Crippen molar-refractivity contribution >= 4 is 11.8 Å². The maximum absolute atomic E-state index is 12.3. The van der Waals surface area contributed by atoms with E-state index in [1.54, 1.807) is 0 Å². The fourth-order valence-electron chi connectivity index (χ4n) is 2.75. The second-order valence-corrected chi connectivity index (χ2v) is 6.67. The first-order chi connectivity index (χ1) is 11.0. The largest absolute Gasteiger partial charge is 0.347 e. The van der Waals surface area contributed by atoms with Crippen molar-refractivity contribution < 1.29 is 9.59 Å². The molecule has 1 aliphatic rings. The lowest BCUT2D eigenvalue weighted by Gasteiger charge is -2.31. The van der Waals surface area contributed by atoms with Crippen LogP contribution in [-0.2, 0) is 9.59 Å². The molecule has 7 heteroatoms. The van der Waals surface area contributed by atoms with Crippen molar-refractivity contribution in [3.05, 3.63) is 11.6 Å². The number of nitrogens with one attached hydrogen (secondary N) is 2. The number of aromatic nitrogens is 3. The van der Waals surface area contributed by atoms with Gasteiger partial charge >= 0.3 is 0 Å². The van der Waals surface area contributed by atoms with Crippen molar-refractivity contribution in [1.82, 2.24) is 25.4 Å². The van der Waals surface area contributed by atoms with Crippen molar-refractivity contribution in [3.63, 3.8) is 0 Å². The quantitative estimate of drug-likeness (QED) is 0.828. The number of hydrogen-bond acceptors (Lipinski definition) is 4. The molecule has 0 aliphatic carbocycles. The summed E-state index contributed by atoms with van der Waals surface area (Å²) in [6, 6.07) is 0. The first-order valence-corrected chi connectivity index (χ1v) is 8.39. The first kappa shape index (κ1) is 17.4. The van der Waals surface area contributed by atoms with Gasteiger partial charge in [0.2, 0.25) is 11.8 Å². The lowest BCUT2D eigenvalue weighted by molar-refractivity contribution is -0.134. The smallest absolute Gasteiger partial charge is 0.241 e. The average molecular weight is 321 g/mol. The highest BCUT2D eigenvalue weighted by Gasteiger charge is 2.27. The van der Waals surface area contributed by atoms with Crippen molar-refractivity contribution in [1.29, 1.82) is 0 Å². The van der Waals surface area contributed by atoms with E-state index in [1.165, 1.54) is 0 Å². The molecule has 0 unspecified atom stereocenters. The summed E-state index contributed by atoms with van der Waals surface area (Å²) in [5.41, 5.74) is 0. The van der Waals surface area contributed by atoms with Crippen LogP contribution in [0.15, 0.2) is 0 Å². The zero-order chi connectivity index (χ0) is 16.8. The summed E-state index contributed by atoms with van der Waals surface area (Å²) >= 11 is 0. The van der Waals surface area contributed by atoms with Crippen molar-refractivity contribution in [2.24, 2.45) is 5.92 Å². The molecule has 128 valence electrons. The van der Waals surface area contributed by atoms with Crippen LogP contribution in [0.5, 0.6) is 0 Å². The minimum Gasteiger partial charge on any atom is -0.347 e. The molecule has 1 saturated heterocycles. The predicted molar refractivity (Wildman–Crippen MR) is 86.8 cm³/mol. The monoisotopic (exact) mass is 321 g/mol. The van der Waals surface area contributed by atoms with Crippen LogP contribution < -0.4 is 5.32 Å². The van der Waals surface area contributed by atoms with Gasteiger partial charge in [-0.25, -0.2) is 4.98 Å². The number of amides is 2. The Morgan fingerprint density at radius 3 is 2.87 bits per heavy atom. The topological polar surface area (TPSA) is 91.0 Å². The van der Waals surface area contributed by atoms with Gasteiger partial charge in [-0.2, -0.15) is 5.10 Å². The van der Waals surface area contributed by atoms with Crippen LogP contribution in [0.2, 0.25) is 0 Å². The van der Waals surface area contributed by atoms with Crippen LogP contribution in [-0.4, -0.2) is 51.5 Å². The van der Waals surface area contributed by atoms with Gasteiger partial charge in [-0.05, 0) is 32.1 Å². The number of hydrogen-bond donors (Lipinski definition) is 2. The van der Waals surface area contributed by atoms with E-state index >= 15 is 0 Å². The van der Waals surface area contributed by atoms with Gasteiger partial charge in [0.05, 0.1) is 6.54 Å². The first-order valence-electron chi connectivity index (χ1n) is 8.39. The van der Waals surface area contributed by atoms with E-state index in [4.69, 9.17) is 0 Å². The summed E-state index contributed by atoms with van der Waals surface area (Å²) in [4.78, 5) is 30.2. The second kappa shape index (κ2) is 8.08. The number of piperidine rings is 1. The molecule has 2 heterocycles. The molecule has 1 aromatic rings. The molecule has 2 N–H and O–H groups in total. The average Bonchev–Trinajstić information content (AvgIpc) is 2.97. The Balaban J connectivity index is 1.79. The van der Waals surface area contributed by atoms with Crippen LogP contribution in [0, 0.1) is 12.8 Å². The number of aromatic amines is 1. The van der Waals surface area contributed by atoms with Crippen molar-refractivity contribution in [2.75, 3.05) is 19.6 Å². The summed E-state index contributed by atoms with van der Waals surface area (Å²) in [5.74, 6) is 2.16. The molecule has 23 heavy (non-hydrogen) atoms. The third kappa shape index (κ3) is 5.33. The van der Waals surface area contributed by atoms with Gasteiger partial charge in [-0.1, -0.05) is 13.8 Å². The molecule has 1 fully saturated rings. The molecule has 0 aromatic carbocycles. The zero-order valence-electron chi connectivity index (χ0n) is 14.3. The van der Waals surface area contributed by atoms with Gasteiger partial charge in [-0.15, -0.1) is 0 Å². The maximum Gasteiger partial charge on any atom is 0.241 e. The molecule has 0 bridgehead atoms. The van der Waals surface area contributed by atoms with Gasteiger partial charge in [0.1, 0.15) is 5.82 Å².